The standard InChI is InChI=1S/C20H19F2N3O3/c1-12(2)25-19(27)16-6-4-3-5-15(16)17(24-25)18(26)23-11-13-7-9-14(10-8-13)28-20(21)22/h3-10,12,20H,11H2,1-2H3,(H,23,26). The van der Waals surface area contributed by atoms with Crippen molar-refractivity contribution in [2.24, 2.45) is 0 Å². The summed E-state index contributed by atoms with van der Waals surface area (Å²) < 4.78 is 30.0. The third-order valence-electron chi connectivity index (χ3n) is 4.13. The van der Waals surface area contributed by atoms with Crippen molar-refractivity contribution in [2.75, 3.05) is 0 Å². The maximum absolute atomic E-state index is 12.7. The van der Waals surface area contributed by atoms with Crippen molar-refractivity contribution in [3.63, 3.8) is 0 Å². The van der Waals surface area contributed by atoms with E-state index in [1.807, 2.05) is 13.8 Å². The zero-order valence-electron chi connectivity index (χ0n) is 15.4. The SMILES string of the molecule is CC(C)n1nc(C(=O)NCc2ccc(OC(F)F)cc2)c2ccccc2c1=O. The van der Waals surface area contributed by atoms with Gasteiger partial charge in [-0.05, 0) is 37.6 Å². The lowest BCUT2D eigenvalue weighted by Gasteiger charge is -2.13. The topological polar surface area (TPSA) is 73.2 Å². The van der Waals surface area contributed by atoms with Crippen molar-refractivity contribution in [2.45, 2.75) is 33.0 Å². The van der Waals surface area contributed by atoms with Crippen LogP contribution in [0, 0.1) is 0 Å². The summed E-state index contributed by atoms with van der Waals surface area (Å²) in [5.74, 6) is -0.389. The highest BCUT2D eigenvalue weighted by molar-refractivity contribution is 6.04. The molecule has 1 amide bonds. The first-order chi connectivity index (χ1) is 13.4. The average molecular weight is 387 g/mol. The van der Waals surface area contributed by atoms with Gasteiger partial charge >= 0.3 is 6.61 Å². The van der Waals surface area contributed by atoms with E-state index in [1.54, 1.807) is 36.4 Å². The van der Waals surface area contributed by atoms with Crippen molar-refractivity contribution >= 4 is 16.7 Å². The Hall–Kier alpha value is -3.29. The van der Waals surface area contributed by atoms with Crippen LogP contribution >= 0.6 is 0 Å². The van der Waals surface area contributed by atoms with Crippen LogP contribution < -0.4 is 15.6 Å². The van der Waals surface area contributed by atoms with Gasteiger partial charge in [0.2, 0.25) is 0 Å². The molecule has 3 aromatic rings. The molecule has 0 unspecified atom stereocenters. The molecule has 1 aromatic heterocycles. The van der Waals surface area contributed by atoms with E-state index in [1.165, 1.54) is 16.8 Å². The number of hydrogen-bond donors (Lipinski definition) is 1. The van der Waals surface area contributed by atoms with Gasteiger partial charge in [0.1, 0.15) is 5.75 Å². The van der Waals surface area contributed by atoms with Gasteiger partial charge in [-0.25, -0.2) is 4.68 Å². The molecule has 0 spiro atoms. The summed E-state index contributed by atoms with van der Waals surface area (Å²) in [6.07, 6.45) is 0. The molecule has 0 atom stereocenters. The Kier molecular flexibility index (Phi) is 5.67. The van der Waals surface area contributed by atoms with Crippen LogP contribution in [0.15, 0.2) is 53.3 Å². The fraction of sp³-hybridized carbons (Fsp3) is 0.250. The molecule has 6 nitrogen and oxygen atoms in total. The molecule has 2 aromatic carbocycles. The molecule has 0 aliphatic rings. The van der Waals surface area contributed by atoms with E-state index >= 15 is 0 Å². The molecule has 0 fully saturated rings. The predicted octanol–water partition coefficient (Wildman–Crippen LogP) is 3.51. The fourth-order valence-corrected chi connectivity index (χ4v) is 2.78. The van der Waals surface area contributed by atoms with Crippen molar-refractivity contribution in [3.05, 3.63) is 70.1 Å². The molecule has 0 radical (unpaired) electrons. The van der Waals surface area contributed by atoms with Crippen LogP contribution in [0.3, 0.4) is 0 Å². The number of fused-ring (bicyclic) bond motifs is 1. The Morgan fingerprint density at radius 1 is 1.11 bits per heavy atom. The smallest absolute Gasteiger partial charge is 0.387 e. The molecule has 0 aliphatic heterocycles. The summed E-state index contributed by atoms with van der Waals surface area (Å²) in [6, 6.07) is 12.6. The van der Waals surface area contributed by atoms with Crippen molar-refractivity contribution in [1.82, 2.24) is 15.1 Å². The molecule has 1 N–H and O–H groups in total. The molecule has 3 rings (SSSR count). The Balaban J connectivity index is 1.84. The quantitative estimate of drug-likeness (QED) is 0.703. The largest absolute Gasteiger partial charge is 0.435 e. The molecule has 0 saturated carbocycles. The van der Waals surface area contributed by atoms with Crippen LogP contribution in [0.2, 0.25) is 0 Å². The minimum absolute atomic E-state index is 0.0433. The van der Waals surface area contributed by atoms with Crippen molar-refractivity contribution < 1.29 is 18.3 Å². The Labute approximate surface area is 159 Å². The maximum atomic E-state index is 12.7. The zero-order chi connectivity index (χ0) is 20.3. The van der Waals surface area contributed by atoms with Crippen LogP contribution in [0.1, 0.15) is 35.9 Å². The number of carbonyl (C=O) groups excluding carboxylic acids is 1. The summed E-state index contributed by atoms with van der Waals surface area (Å²) in [5, 5.41) is 7.89. The number of ether oxygens (including phenoxy) is 1. The number of benzene rings is 2. The number of carbonyl (C=O) groups is 1. The van der Waals surface area contributed by atoms with Gasteiger partial charge in [0.25, 0.3) is 11.5 Å². The van der Waals surface area contributed by atoms with Gasteiger partial charge in [0, 0.05) is 11.9 Å². The molecule has 0 bridgehead atoms. The summed E-state index contributed by atoms with van der Waals surface area (Å²) in [7, 11) is 0. The number of rotatable bonds is 6. The molecule has 8 heteroatoms. The maximum Gasteiger partial charge on any atom is 0.387 e. The van der Waals surface area contributed by atoms with Crippen LogP contribution in [-0.2, 0) is 6.54 Å². The molecular formula is C20H19F2N3O3. The van der Waals surface area contributed by atoms with Gasteiger partial charge in [-0.2, -0.15) is 13.9 Å². The van der Waals surface area contributed by atoms with E-state index < -0.39 is 12.5 Å². The van der Waals surface area contributed by atoms with E-state index in [-0.39, 0.29) is 29.6 Å². The lowest BCUT2D eigenvalue weighted by Crippen LogP contribution is -2.31. The first-order valence-electron chi connectivity index (χ1n) is 8.70. The average Bonchev–Trinajstić information content (AvgIpc) is 2.67. The Bertz CT molecular complexity index is 1050. The minimum Gasteiger partial charge on any atom is -0.435 e. The Morgan fingerprint density at radius 2 is 1.75 bits per heavy atom. The van der Waals surface area contributed by atoms with Gasteiger partial charge in [-0.1, -0.05) is 30.3 Å². The molecule has 28 heavy (non-hydrogen) atoms. The first-order valence-corrected chi connectivity index (χ1v) is 8.70. The number of hydrogen-bond acceptors (Lipinski definition) is 4. The molecule has 0 saturated heterocycles. The second-order valence-corrected chi connectivity index (χ2v) is 6.44. The highest BCUT2D eigenvalue weighted by Gasteiger charge is 2.17. The van der Waals surface area contributed by atoms with Crippen LogP contribution in [0.5, 0.6) is 5.75 Å². The number of alkyl halides is 2. The number of nitrogens with zero attached hydrogens (tertiary/aromatic N) is 2. The van der Waals surface area contributed by atoms with Crippen LogP contribution in [0.25, 0.3) is 10.8 Å². The highest BCUT2D eigenvalue weighted by Crippen LogP contribution is 2.16. The van der Waals surface area contributed by atoms with E-state index in [2.05, 4.69) is 15.2 Å². The normalized spacial score (nSPS) is 11.2. The lowest BCUT2D eigenvalue weighted by molar-refractivity contribution is -0.0498. The van der Waals surface area contributed by atoms with Gasteiger partial charge in [-0.15, -0.1) is 0 Å². The van der Waals surface area contributed by atoms with Gasteiger partial charge in [0.15, 0.2) is 5.69 Å². The lowest BCUT2D eigenvalue weighted by atomic mass is 10.1. The highest BCUT2D eigenvalue weighted by atomic mass is 19.3. The summed E-state index contributed by atoms with van der Waals surface area (Å²) in [4.78, 5) is 25.3. The monoisotopic (exact) mass is 387 g/mol. The van der Waals surface area contributed by atoms with Crippen LogP contribution in [-0.4, -0.2) is 22.3 Å². The molecule has 146 valence electrons. The second kappa shape index (κ2) is 8.16. The number of amides is 1. The summed E-state index contributed by atoms with van der Waals surface area (Å²) in [5.41, 5.74) is 0.606. The summed E-state index contributed by atoms with van der Waals surface area (Å²) >= 11 is 0. The minimum atomic E-state index is -2.89. The van der Waals surface area contributed by atoms with Gasteiger partial charge in [0.05, 0.1) is 11.4 Å². The molecule has 1 heterocycles. The van der Waals surface area contributed by atoms with Crippen LogP contribution in [0.4, 0.5) is 8.78 Å². The van der Waals surface area contributed by atoms with Gasteiger partial charge in [-0.3, -0.25) is 9.59 Å². The van der Waals surface area contributed by atoms with E-state index in [9.17, 15) is 18.4 Å². The van der Waals surface area contributed by atoms with Gasteiger partial charge < -0.3 is 10.1 Å². The third kappa shape index (κ3) is 4.16. The van der Waals surface area contributed by atoms with Crippen molar-refractivity contribution in [3.8, 4) is 5.75 Å². The third-order valence-corrected chi connectivity index (χ3v) is 4.13. The second-order valence-electron chi connectivity index (χ2n) is 6.44. The summed E-state index contributed by atoms with van der Waals surface area (Å²) in [6.45, 7) is 0.911. The van der Waals surface area contributed by atoms with Crippen molar-refractivity contribution in [1.29, 1.82) is 0 Å². The number of halogens is 2. The van der Waals surface area contributed by atoms with E-state index in [0.29, 0.717) is 16.3 Å². The zero-order valence-corrected chi connectivity index (χ0v) is 15.4. The van der Waals surface area contributed by atoms with E-state index in [0.717, 1.165) is 0 Å². The van der Waals surface area contributed by atoms with E-state index in [4.69, 9.17) is 0 Å². The number of nitrogens with one attached hydrogen (secondary N) is 1. The Morgan fingerprint density at radius 3 is 2.36 bits per heavy atom. The molecular weight excluding hydrogens is 368 g/mol. The number of aromatic nitrogens is 2. The fourth-order valence-electron chi connectivity index (χ4n) is 2.78. The molecule has 0 aliphatic carbocycles. The predicted molar refractivity (Wildman–Crippen MR) is 101 cm³/mol. The first kappa shape index (κ1) is 19.5.